The molecule has 25 heavy (non-hydrogen) atoms. The maximum Gasteiger partial charge on any atom is 0.317 e. The molecule has 0 radical (unpaired) electrons. The summed E-state index contributed by atoms with van der Waals surface area (Å²) in [4.78, 5) is 14.4. The number of rotatable bonds is 3. The molecule has 2 aliphatic rings. The lowest BCUT2D eigenvalue weighted by atomic mass is 9.96. The third-order valence-electron chi connectivity index (χ3n) is 4.91. The number of carbonyl (C=O) groups is 1. The number of sulfonamides is 1. The summed E-state index contributed by atoms with van der Waals surface area (Å²) in [6.07, 6.45) is 5.68. The average molecular weight is 430 g/mol. The number of benzene rings is 1. The number of hydrogen-bond acceptors (Lipinski definition) is 3. The number of halogens is 1. The average Bonchev–Trinajstić information content (AvgIpc) is 2.63. The summed E-state index contributed by atoms with van der Waals surface area (Å²) in [5.74, 6) is 0. The molecule has 0 aromatic heterocycles. The van der Waals surface area contributed by atoms with E-state index in [0.717, 1.165) is 17.3 Å². The van der Waals surface area contributed by atoms with Gasteiger partial charge in [-0.2, -0.15) is 4.31 Å². The predicted molar refractivity (Wildman–Crippen MR) is 99.9 cm³/mol. The first-order chi connectivity index (χ1) is 12.0. The van der Waals surface area contributed by atoms with Gasteiger partial charge in [0.05, 0.1) is 4.90 Å². The van der Waals surface area contributed by atoms with Gasteiger partial charge in [-0.1, -0.05) is 35.2 Å². The maximum absolute atomic E-state index is 12.7. The molecule has 1 saturated carbocycles. The molecule has 0 atom stereocenters. The summed E-state index contributed by atoms with van der Waals surface area (Å²) in [5, 5.41) is 3.09. The number of carbonyl (C=O) groups excluding carboxylic acids is 1. The van der Waals surface area contributed by atoms with Crippen LogP contribution < -0.4 is 5.32 Å². The number of nitrogens with one attached hydrogen (secondary N) is 1. The van der Waals surface area contributed by atoms with Crippen molar-refractivity contribution in [2.75, 3.05) is 26.2 Å². The van der Waals surface area contributed by atoms with E-state index in [9.17, 15) is 13.2 Å². The minimum absolute atomic E-state index is 0.0624. The fourth-order valence-corrected chi connectivity index (χ4v) is 5.09. The second-order valence-electron chi connectivity index (χ2n) is 6.63. The first-order valence-electron chi connectivity index (χ1n) is 8.78. The monoisotopic (exact) mass is 429 g/mol. The van der Waals surface area contributed by atoms with Crippen molar-refractivity contribution in [3.05, 3.63) is 28.7 Å². The van der Waals surface area contributed by atoms with Crippen LogP contribution in [0.2, 0.25) is 0 Å². The van der Waals surface area contributed by atoms with Crippen LogP contribution in [0.4, 0.5) is 4.79 Å². The second kappa shape index (κ2) is 8.05. The van der Waals surface area contributed by atoms with Crippen LogP contribution in [0.25, 0.3) is 0 Å². The minimum Gasteiger partial charge on any atom is -0.335 e. The lowest BCUT2D eigenvalue weighted by molar-refractivity contribution is 0.166. The zero-order valence-corrected chi connectivity index (χ0v) is 16.6. The van der Waals surface area contributed by atoms with Gasteiger partial charge in [0.1, 0.15) is 0 Å². The molecule has 2 amide bonds. The fraction of sp³-hybridized carbons (Fsp3) is 0.588. The van der Waals surface area contributed by atoms with Gasteiger partial charge >= 0.3 is 6.03 Å². The van der Waals surface area contributed by atoms with Crippen LogP contribution >= 0.6 is 15.9 Å². The SMILES string of the molecule is O=C(NC1CCCCC1)N1CCN(S(=O)(=O)c2ccc(Br)cc2)CC1. The van der Waals surface area contributed by atoms with Crippen LogP contribution in [0.1, 0.15) is 32.1 Å². The molecule has 138 valence electrons. The molecule has 1 heterocycles. The largest absolute Gasteiger partial charge is 0.335 e. The predicted octanol–water partition coefficient (Wildman–Crippen LogP) is 2.80. The van der Waals surface area contributed by atoms with Gasteiger partial charge in [0.15, 0.2) is 0 Å². The van der Waals surface area contributed by atoms with Gasteiger partial charge in [-0.15, -0.1) is 0 Å². The highest BCUT2D eigenvalue weighted by Gasteiger charge is 2.30. The van der Waals surface area contributed by atoms with Gasteiger partial charge in [-0.25, -0.2) is 13.2 Å². The molecule has 1 aromatic carbocycles. The Hall–Kier alpha value is -1.12. The highest BCUT2D eigenvalue weighted by Crippen LogP contribution is 2.21. The third kappa shape index (κ3) is 4.54. The summed E-state index contributed by atoms with van der Waals surface area (Å²) in [7, 11) is -3.50. The number of urea groups is 1. The van der Waals surface area contributed by atoms with Crippen molar-refractivity contribution < 1.29 is 13.2 Å². The summed E-state index contributed by atoms with van der Waals surface area (Å²) in [6, 6.07) is 6.85. The third-order valence-corrected chi connectivity index (χ3v) is 7.35. The lowest BCUT2D eigenvalue weighted by Gasteiger charge is -2.35. The molecule has 1 aliphatic heterocycles. The molecule has 3 rings (SSSR count). The highest BCUT2D eigenvalue weighted by molar-refractivity contribution is 9.10. The Labute approximate surface area is 157 Å². The van der Waals surface area contributed by atoms with Gasteiger partial charge in [0, 0.05) is 36.7 Å². The van der Waals surface area contributed by atoms with Crippen LogP contribution in [-0.4, -0.2) is 55.9 Å². The Bertz CT molecular complexity index is 694. The molecule has 1 aromatic rings. The first kappa shape index (κ1) is 18.7. The standard InChI is InChI=1S/C17H24BrN3O3S/c18-14-6-8-16(9-7-14)25(23,24)21-12-10-20(11-13-21)17(22)19-15-4-2-1-3-5-15/h6-9,15H,1-5,10-13H2,(H,19,22). The zero-order valence-electron chi connectivity index (χ0n) is 14.2. The molecule has 1 saturated heterocycles. The summed E-state index contributed by atoms with van der Waals surface area (Å²) in [6.45, 7) is 1.51. The molecule has 0 unspecified atom stereocenters. The normalized spacial score (nSPS) is 20.4. The first-order valence-corrected chi connectivity index (χ1v) is 11.0. The van der Waals surface area contributed by atoms with Gasteiger partial charge < -0.3 is 10.2 Å². The molecule has 0 spiro atoms. The second-order valence-corrected chi connectivity index (χ2v) is 9.48. The summed E-state index contributed by atoms with van der Waals surface area (Å²) >= 11 is 3.31. The molecule has 6 nitrogen and oxygen atoms in total. The van der Waals surface area contributed by atoms with Gasteiger partial charge in [-0.3, -0.25) is 0 Å². The van der Waals surface area contributed by atoms with Crippen LogP contribution in [-0.2, 0) is 10.0 Å². The number of nitrogens with zero attached hydrogens (tertiary/aromatic N) is 2. The zero-order chi connectivity index (χ0) is 17.9. The molecular formula is C17H24BrN3O3S. The molecule has 1 aliphatic carbocycles. The smallest absolute Gasteiger partial charge is 0.317 e. The van der Waals surface area contributed by atoms with E-state index in [1.54, 1.807) is 29.2 Å². The van der Waals surface area contributed by atoms with E-state index in [1.165, 1.54) is 23.6 Å². The maximum atomic E-state index is 12.7. The Balaban J connectivity index is 1.55. The van der Waals surface area contributed by atoms with Crippen LogP contribution in [0, 0.1) is 0 Å². The summed E-state index contributed by atoms with van der Waals surface area (Å²) in [5.41, 5.74) is 0. The van der Waals surface area contributed by atoms with Crippen LogP contribution in [0.5, 0.6) is 0 Å². The molecule has 8 heteroatoms. The molecule has 2 fully saturated rings. The van der Waals surface area contributed by atoms with Gasteiger partial charge in [-0.05, 0) is 37.1 Å². The number of amides is 2. The quantitative estimate of drug-likeness (QED) is 0.802. The van der Waals surface area contributed by atoms with E-state index in [1.807, 2.05) is 0 Å². The van der Waals surface area contributed by atoms with E-state index in [2.05, 4.69) is 21.2 Å². The van der Waals surface area contributed by atoms with Crippen LogP contribution in [0.15, 0.2) is 33.6 Å². The minimum atomic E-state index is -3.50. The fourth-order valence-electron chi connectivity index (χ4n) is 3.40. The van der Waals surface area contributed by atoms with Crippen molar-refractivity contribution >= 4 is 32.0 Å². The lowest BCUT2D eigenvalue weighted by Crippen LogP contribution is -2.54. The molecule has 0 bridgehead atoms. The Kier molecular flexibility index (Phi) is 6.01. The van der Waals surface area contributed by atoms with Crippen molar-refractivity contribution in [3.8, 4) is 0 Å². The van der Waals surface area contributed by atoms with E-state index in [0.29, 0.717) is 26.2 Å². The van der Waals surface area contributed by atoms with E-state index in [-0.39, 0.29) is 17.0 Å². The summed E-state index contributed by atoms with van der Waals surface area (Å²) < 4.78 is 27.7. The van der Waals surface area contributed by atoms with E-state index in [4.69, 9.17) is 0 Å². The topological polar surface area (TPSA) is 69.7 Å². The highest BCUT2D eigenvalue weighted by atomic mass is 79.9. The van der Waals surface area contributed by atoms with E-state index < -0.39 is 10.0 Å². The van der Waals surface area contributed by atoms with Crippen molar-refractivity contribution in [1.29, 1.82) is 0 Å². The number of piperazine rings is 1. The van der Waals surface area contributed by atoms with Crippen molar-refractivity contribution in [3.63, 3.8) is 0 Å². The Morgan fingerprint density at radius 3 is 2.20 bits per heavy atom. The van der Waals surface area contributed by atoms with E-state index >= 15 is 0 Å². The number of hydrogen-bond donors (Lipinski definition) is 1. The van der Waals surface area contributed by atoms with Crippen molar-refractivity contribution in [2.45, 2.75) is 43.0 Å². The van der Waals surface area contributed by atoms with Crippen molar-refractivity contribution in [1.82, 2.24) is 14.5 Å². The molecular weight excluding hydrogens is 406 g/mol. The molecule has 1 N–H and O–H groups in total. The van der Waals surface area contributed by atoms with Gasteiger partial charge in [0.2, 0.25) is 10.0 Å². The Morgan fingerprint density at radius 1 is 1.00 bits per heavy atom. The Morgan fingerprint density at radius 2 is 1.60 bits per heavy atom. The van der Waals surface area contributed by atoms with Crippen molar-refractivity contribution in [2.24, 2.45) is 0 Å². The van der Waals surface area contributed by atoms with Gasteiger partial charge in [0.25, 0.3) is 0 Å². The van der Waals surface area contributed by atoms with Crippen LogP contribution in [0.3, 0.4) is 0 Å².